The summed E-state index contributed by atoms with van der Waals surface area (Å²) in [5.74, 6) is -1.54. The Balaban J connectivity index is 2.34. The van der Waals surface area contributed by atoms with Crippen molar-refractivity contribution in [1.82, 2.24) is 9.97 Å². The first-order chi connectivity index (χ1) is 9.09. The molecule has 2 rings (SSSR count). The Hall–Kier alpha value is -2.76. The molecule has 2 aromatic rings. The van der Waals surface area contributed by atoms with Crippen LogP contribution in [0.3, 0.4) is 0 Å². The topological polar surface area (TPSA) is 92.2 Å². The zero-order valence-electron chi connectivity index (χ0n) is 10.1. The lowest BCUT2D eigenvalue weighted by Crippen LogP contribution is -2.16. The Morgan fingerprint density at radius 3 is 2.53 bits per heavy atom. The Kier molecular flexibility index (Phi) is 3.51. The highest BCUT2D eigenvalue weighted by atomic mass is 16.4. The number of carbonyl (C=O) groups is 2. The van der Waals surface area contributed by atoms with Crippen molar-refractivity contribution in [2.24, 2.45) is 0 Å². The van der Waals surface area contributed by atoms with Crippen molar-refractivity contribution in [1.29, 1.82) is 0 Å². The number of amides is 1. The number of carbonyl (C=O) groups excluding carboxylic acids is 1. The van der Waals surface area contributed by atoms with Crippen LogP contribution in [0.1, 0.15) is 26.3 Å². The molecule has 96 valence electrons. The first-order valence-corrected chi connectivity index (χ1v) is 5.49. The number of benzene rings is 1. The molecule has 0 unspecified atom stereocenters. The van der Waals surface area contributed by atoms with E-state index >= 15 is 0 Å². The average molecular weight is 257 g/mol. The minimum Gasteiger partial charge on any atom is -0.478 e. The molecule has 0 aliphatic heterocycles. The van der Waals surface area contributed by atoms with E-state index in [0.29, 0.717) is 5.56 Å². The van der Waals surface area contributed by atoms with Crippen LogP contribution in [0, 0.1) is 6.92 Å². The zero-order valence-corrected chi connectivity index (χ0v) is 10.1. The van der Waals surface area contributed by atoms with Gasteiger partial charge in [0.1, 0.15) is 6.33 Å². The van der Waals surface area contributed by atoms with Crippen LogP contribution in [0.15, 0.2) is 36.9 Å². The van der Waals surface area contributed by atoms with E-state index in [9.17, 15) is 9.59 Å². The smallest absolute Gasteiger partial charge is 0.337 e. The van der Waals surface area contributed by atoms with Crippen LogP contribution in [0.4, 0.5) is 5.69 Å². The maximum Gasteiger partial charge on any atom is 0.337 e. The van der Waals surface area contributed by atoms with Crippen LogP contribution in [-0.4, -0.2) is 27.0 Å². The molecule has 0 fully saturated rings. The number of hydrogen-bond donors (Lipinski definition) is 2. The maximum absolute atomic E-state index is 12.0. The van der Waals surface area contributed by atoms with Crippen molar-refractivity contribution >= 4 is 17.6 Å². The number of rotatable bonds is 3. The standard InChI is InChI=1S/C13H11N3O3/c1-8-3-2-4-10(13(18)19)11(8)16-12(17)9-5-14-7-15-6-9/h2-7H,1H3,(H,16,17)(H,18,19). The van der Waals surface area contributed by atoms with Gasteiger partial charge in [-0.05, 0) is 18.6 Å². The summed E-state index contributed by atoms with van der Waals surface area (Å²) < 4.78 is 0. The van der Waals surface area contributed by atoms with E-state index in [1.165, 1.54) is 24.8 Å². The molecule has 0 radical (unpaired) electrons. The van der Waals surface area contributed by atoms with Crippen LogP contribution in [0.25, 0.3) is 0 Å². The fourth-order valence-corrected chi connectivity index (χ4v) is 1.61. The Morgan fingerprint density at radius 1 is 1.21 bits per heavy atom. The summed E-state index contributed by atoms with van der Waals surface area (Å²) in [5.41, 5.74) is 1.27. The third kappa shape index (κ3) is 2.74. The highest BCUT2D eigenvalue weighted by Gasteiger charge is 2.15. The van der Waals surface area contributed by atoms with Gasteiger partial charge in [0.15, 0.2) is 0 Å². The molecule has 19 heavy (non-hydrogen) atoms. The molecule has 0 spiro atoms. The van der Waals surface area contributed by atoms with E-state index in [-0.39, 0.29) is 16.8 Å². The fraction of sp³-hybridized carbons (Fsp3) is 0.0769. The minimum atomic E-state index is -1.09. The Morgan fingerprint density at radius 2 is 1.89 bits per heavy atom. The predicted octanol–water partition coefficient (Wildman–Crippen LogP) is 1.74. The number of nitrogens with one attached hydrogen (secondary N) is 1. The molecular formula is C13H11N3O3. The normalized spacial score (nSPS) is 9.95. The van der Waals surface area contributed by atoms with E-state index in [1.54, 1.807) is 19.1 Å². The van der Waals surface area contributed by atoms with Gasteiger partial charge in [-0.3, -0.25) is 4.79 Å². The van der Waals surface area contributed by atoms with Gasteiger partial charge in [0, 0.05) is 12.4 Å². The second kappa shape index (κ2) is 5.26. The van der Waals surface area contributed by atoms with Gasteiger partial charge in [-0.1, -0.05) is 12.1 Å². The molecular weight excluding hydrogens is 246 g/mol. The quantitative estimate of drug-likeness (QED) is 0.873. The molecule has 2 N–H and O–H groups in total. The van der Waals surface area contributed by atoms with Crippen LogP contribution >= 0.6 is 0 Å². The van der Waals surface area contributed by atoms with Gasteiger partial charge in [0.2, 0.25) is 0 Å². The summed E-state index contributed by atoms with van der Waals surface area (Å²) in [4.78, 5) is 30.6. The van der Waals surface area contributed by atoms with Gasteiger partial charge in [-0.25, -0.2) is 14.8 Å². The lowest BCUT2D eigenvalue weighted by Gasteiger charge is -2.11. The lowest BCUT2D eigenvalue weighted by atomic mass is 10.1. The van der Waals surface area contributed by atoms with E-state index in [2.05, 4.69) is 15.3 Å². The van der Waals surface area contributed by atoms with E-state index in [0.717, 1.165) is 0 Å². The van der Waals surface area contributed by atoms with Crippen LogP contribution in [0.5, 0.6) is 0 Å². The lowest BCUT2D eigenvalue weighted by molar-refractivity contribution is 0.0698. The molecule has 6 heteroatoms. The monoisotopic (exact) mass is 257 g/mol. The molecule has 6 nitrogen and oxygen atoms in total. The number of para-hydroxylation sites is 1. The zero-order chi connectivity index (χ0) is 13.8. The molecule has 1 amide bonds. The molecule has 1 aromatic heterocycles. The maximum atomic E-state index is 12.0. The van der Waals surface area contributed by atoms with Crippen molar-refractivity contribution in [3.8, 4) is 0 Å². The molecule has 1 heterocycles. The number of aryl methyl sites for hydroxylation is 1. The molecule has 0 bridgehead atoms. The molecule has 0 saturated heterocycles. The second-order valence-corrected chi connectivity index (χ2v) is 3.88. The van der Waals surface area contributed by atoms with E-state index in [1.807, 2.05) is 0 Å². The number of carboxylic acid groups (broad SMARTS) is 1. The number of aromatic nitrogens is 2. The number of anilines is 1. The molecule has 0 aliphatic carbocycles. The summed E-state index contributed by atoms with van der Waals surface area (Å²) in [6.07, 6.45) is 4.04. The SMILES string of the molecule is Cc1cccc(C(=O)O)c1NC(=O)c1cncnc1. The van der Waals surface area contributed by atoms with Gasteiger partial charge < -0.3 is 10.4 Å². The van der Waals surface area contributed by atoms with Gasteiger partial charge in [-0.2, -0.15) is 0 Å². The number of nitrogens with zero attached hydrogens (tertiary/aromatic N) is 2. The third-order valence-corrected chi connectivity index (χ3v) is 2.56. The summed E-state index contributed by atoms with van der Waals surface area (Å²) in [6.45, 7) is 1.73. The van der Waals surface area contributed by atoms with Gasteiger partial charge in [-0.15, -0.1) is 0 Å². The minimum absolute atomic E-state index is 0.0465. The van der Waals surface area contributed by atoms with Crippen molar-refractivity contribution in [3.63, 3.8) is 0 Å². The summed E-state index contributed by atoms with van der Waals surface area (Å²) in [7, 11) is 0. The van der Waals surface area contributed by atoms with Crippen molar-refractivity contribution in [2.45, 2.75) is 6.92 Å². The van der Waals surface area contributed by atoms with Crippen LogP contribution < -0.4 is 5.32 Å². The molecule has 0 aliphatic rings. The highest BCUT2D eigenvalue weighted by molar-refractivity contribution is 6.08. The van der Waals surface area contributed by atoms with Gasteiger partial charge in [0.25, 0.3) is 5.91 Å². The van der Waals surface area contributed by atoms with E-state index in [4.69, 9.17) is 5.11 Å². The first-order valence-electron chi connectivity index (χ1n) is 5.49. The highest BCUT2D eigenvalue weighted by Crippen LogP contribution is 2.21. The summed E-state index contributed by atoms with van der Waals surface area (Å²) in [6, 6.07) is 4.79. The van der Waals surface area contributed by atoms with E-state index < -0.39 is 11.9 Å². The largest absolute Gasteiger partial charge is 0.478 e. The number of hydrogen-bond acceptors (Lipinski definition) is 4. The molecule has 1 aromatic carbocycles. The molecule has 0 saturated carbocycles. The number of aromatic carboxylic acids is 1. The summed E-state index contributed by atoms with van der Waals surface area (Å²) >= 11 is 0. The molecule has 0 atom stereocenters. The third-order valence-electron chi connectivity index (χ3n) is 2.56. The number of carboxylic acids is 1. The van der Waals surface area contributed by atoms with Crippen molar-refractivity contribution in [3.05, 3.63) is 53.6 Å². The Labute approximate surface area is 109 Å². The fourth-order valence-electron chi connectivity index (χ4n) is 1.61. The van der Waals surface area contributed by atoms with Gasteiger partial charge in [0.05, 0.1) is 16.8 Å². The van der Waals surface area contributed by atoms with Crippen molar-refractivity contribution in [2.75, 3.05) is 5.32 Å². The van der Waals surface area contributed by atoms with Crippen LogP contribution in [-0.2, 0) is 0 Å². The predicted molar refractivity (Wildman–Crippen MR) is 68.1 cm³/mol. The summed E-state index contributed by atoms with van der Waals surface area (Å²) in [5, 5.41) is 11.7. The van der Waals surface area contributed by atoms with Gasteiger partial charge >= 0.3 is 5.97 Å². The Bertz CT molecular complexity index is 626. The average Bonchev–Trinajstić information content (AvgIpc) is 2.41. The second-order valence-electron chi connectivity index (χ2n) is 3.88. The van der Waals surface area contributed by atoms with Crippen LogP contribution in [0.2, 0.25) is 0 Å². The first kappa shape index (κ1) is 12.7. The van der Waals surface area contributed by atoms with Crippen molar-refractivity contribution < 1.29 is 14.7 Å².